The molecule has 0 atom stereocenters. The summed E-state index contributed by atoms with van der Waals surface area (Å²) >= 11 is 3.20. The normalized spacial score (nSPS) is 11.3. The molecule has 0 bridgehead atoms. The molecule has 0 spiro atoms. The number of hydrogen-bond acceptors (Lipinski definition) is 5. The first-order valence-corrected chi connectivity index (χ1v) is 11.4. The third kappa shape index (κ3) is 2.91. The molecule has 3 nitrogen and oxygen atoms in total. The average Bonchev–Trinajstić information content (AvgIpc) is 3.52. The molecule has 142 valence electrons. The van der Waals surface area contributed by atoms with Crippen LogP contribution in [0.5, 0.6) is 0 Å². The maximum absolute atomic E-state index is 4.90. The number of nitrogens with zero attached hydrogens (tertiary/aromatic N) is 3. The van der Waals surface area contributed by atoms with Crippen LogP contribution in [0.25, 0.3) is 54.1 Å². The number of hydrogen-bond donors (Lipinski definition) is 0. The summed E-state index contributed by atoms with van der Waals surface area (Å²) in [7, 11) is 0. The van der Waals surface area contributed by atoms with Crippen molar-refractivity contribution in [3.63, 3.8) is 0 Å². The van der Waals surface area contributed by atoms with Crippen LogP contribution in [0.2, 0.25) is 0 Å². The number of fused-ring (bicyclic) bond motifs is 2. The Balaban J connectivity index is 1.72. The molecule has 30 heavy (non-hydrogen) atoms. The first kappa shape index (κ1) is 17.4. The molecule has 0 fully saturated rings. The summed E-state index contributed by atoms with van der Waals surface area (Å²) in [6, 6.07) is 23.7. The number of rotatable bonds is 3. The first-order chi connectivity index (χ1) is 14.9. The molecule has 5 heteroatoms. The third-order valence-electron chi connectivity index (χ3n) is 5.19. The van der Waals surface area contributed by atoms with Crippen molar-refractivity contribution >= 4 is 44.2 Å². The first-order valence-electron chi connectivity index (χ1n) is 9.59. The van der Waals surface area contributed by atoms with Crippen molar-refractivity contribution in [2.24, 2.45) is 0 Å². The Morgan fingerprint density at radius 3 is 1.63 bits per heavy atom. The molecular formula is C25H15N3S2. The summed E-state index contributed by atoms with van der Waals surface area (Å²) in [4.78, 5) is 13.9. The van der Waals surface area contributed by atoms with Gasteiger partial charge in [-0.25, -0.2) is 15.0 Å². The molecule has 6 aromatic rings. The highest BCUT2D eigenvalue weighted by atomic mass is 32.1. The van der Waals surface area contributed by atoms with Crippen molar-refractivity contribution in [1.82, 2.24) is 15.0 Å². The number of thiazole rings is 2. The Bertz CT molecular complexity index is 1380. The second-order valence-corrected chi connectivity index (χ2v) is 8.78. The SMILES string of the molecule is c1ccc2c(-c3cc(-c4nccs4)nc(-c4nccs4)c3)c3ccccc3cc2c1. The molecule has 0 aliphatic rings. The van der Waals surface area contributed by atoms with Gasteiger partial charge in [0.15, 0.2) is 0 Å². The monoisotopic (exact) mass is 421 g/mol. The molecule has 0 amide bonds. The van der Waals surface area contributed by atoms with E-state index in [0.29, 0.717) is 0 Å². The van der Waals surface area contributed by atoms with Crippen LogP contribution in [0, 0.1) is 0 Å². The van der Waals surface area contributed by atoms with E-state index in [-0.39, 0.29) is 0 Å². The Hall–Kier alpha value is -3.41. The summed E-state index contributed by atoms with van der Waals surface area (Å²) < 4.78 is 0. The lowest BCUT2D eigenvalue weighted by atomic mass is 9.92. The zero-order valence-corrected chi connectivity index (χ0v) is 17.5. The average molecular weight is 422 g/mol. The standard InChI is InChI=1S/C25H15N3S2/c1-3-7-19-16(5-1)13-17-6-2-4-8-20(17)23(19)18-14-21(24-26-9-11-29-24)28-22(15-18)25-27-10-12-30-25/h1-15H. The van der Waals surface area contributed by atoms with Gasteiger partial charge in [-0.2, -0.15) is 0 Å². The van der Waals surface area contributed by atoms with Gasteiger partial charge in [0, 0.05) is 23.2 Å². The van der Waals surface area contributed by atoms with E-state index in [1.165, 1.54) is 27.1 Å². The van der Waals surface area contributed by atoms with Gasteiger partial charge in [0.25, 0.3) is 0 Å². The maximum Gasteiger partial charge on any atom is 0.141 e. The fourth-order valence-electron chi connectivity index (χ4n) is 3.92. The lowest BCUT2D eigenvalue weighted by Crippen LogP contribution is -1.92. The summed E-state index contributed by atoms with van der Waals surface area (Å²) in [5.74, 6) is 0. The van der Waals surface area contributed by atoms with Gasteiger partial charge < -0.3 is 0 Å². The molecule has 3 aromatic heterocycles. The minimum Gasteiger partial charge on any atom is -0.243 e. The molecule has 0 aliphatic heterocycles. The van der Waals surface area contributed by atoms with Gasteiger partial charge >= 0.3 is 0 Å². The zero-order chi connectivity index (χ0) is 19.9. The van der Waals surface area contributed by atoms with Gasteiger partial charge in [0.05, 0.1) is 0 Å². The van der Waals surface area contributed by atoms with Crippen LogP contribution in [0.15, 0.2) is 89.9 Å². The van der Waals surface area contributed by atoms with Gasteiger partial charge in [-0.05, 0) is 50.9 Å². The molecule has 0 aliphatic carbocycles. The fraction of sp³-hybridized carbons (Fsp3) is 0. The van der Waals surface area contributed by atoms with Crippen molar-refractivity contribution < 1.29 is 0 Å². The van der Waals surface area contributed by atoms with E-state index in [2.05, 4.69) is 76.7 Å². The Morgan fingerprint density at radius 1 is 0.600 bits per heavy atom. The van der Waals surface area contributed by atoms with E-state index in [4.69, 9.17) is 4.98 Å². The van der Waals surface area contributed by atoms with E-state index in [0.717, 1.165) is 27.0 Å². The van der Waals surface area contributed by atoms with E-state index in [1.54, 1.807) is 22.7 Å². The third-order valence-corrected chi connectivity index (χ3v) is 6.78. The highest BCUT2D eigenvalue weighted by Gasteiger charge is 2.15. The quantitative estimate of drug-likeness (QED) is 0.281. The molecular weight excluding hydrogens is 406 g/mol. The molecule has 0 saturated heterocycles. The topological polar surface area (TPSA) is 38.7 Å². The van der Waals surface area contributed by atoms with Crippen LogP contribution in [-0.4, -0.2) is 15.0 Å². The number of pyridine rings is 1. The molecule has 3 heterocycles. The van der Waals surface area contributed by atoms with Gasteiger partial charge in [-0.3, -0.25) is 0 Å². The molecule has 0 radical (unpaired) electrons. The van der Waals surface area contributed by atoms with Gasteiger partial charge in [0.2, 0.25) is 0 Å². The lowest BCUT2D eigenvalue weighted by Gasteiger charge is -2.14. The predicted molar refractivity (Wildman–Crippen MR) is 127 cm³/mol. The van der Waals surface area contributed by atoms with E-state index < -0.39 is 0 Å². The minimum absolute atomic E-state index is 0.879. The number of benzene rings is 3. The zero-order valence-electron chi connectivity index (χ0n) is 15.8. The van der Waals surface area contributed by atoms with E-state index >= 15 is 0 Å². The van der Waals surface area contributed by atoms with Crippen LogP contribution in [0.4, 0.5) is 0 Å². The fourth-order valence-corrected chi connectivity index (χ4v) is 5.11. The van der Waals surface area contributed by atoms with Crippen molar-refractivity contribution in [3.8, 4) is 32.5 Å². The Morgan fingerprint density at radius 2 is 1.13 bits per heavy atom. The Labute approximate surface area is 181 Å². The van der Waals surface area contributed by atoms with Crippen molar-refractivity contribution in [1.29, 1.82) is 0 Å². The smallest absolute Gasteiger partial charge is 0.141 e. The van der Waals surface area contributed by atoms with Crippen LogP contribution in [-0.2, 0) is 0 Å². The van der Waals surface area contributed by atoms with Crippen LogP contribution < -0.4 is 0 Å². The van der Waals surface area contributed by atoms with Crippen LogP contribution >= 0.6 is 22.7 Å². The highest BCUT2D eigenvalue weighted by molar-refractivity contribution is 7.13. The van der Waals surface area contributed by atoms with Gasteiger partial charge in [-0.1, -0.05) is 48.5 Å². The largest absolute Gasteiger partial charge is 0.243 e. The lowest BCUT2D eigenvalue weighted by molar-refractivity contribution is 1.27. The number of aromatic nitrogens is 3. The summed E-state index contributed by atoms with van der Waals surface area (Å²) in [5.41, 5.74) is 4.12. The second kappa shape index (κ2) is 7.13. The second-order valence-electron chi connectivity index (χ2n) is 6.99. The Kier molecular flexibility index (Phi) is 4.15. The van der Waals surface area contributed by atoms with Gasteiger partial charge in [-0.15, -0.1) is 22.7 Å². The molecule has 0 unspecified atom stereocenters. The van der Waals surface area contributed by atoms with Crippen molar-refractivity contribution in [3.05, 3.63) is 89.9 Å². The summed E-state index contributed by atoms with van der Waals surface area (Å²) in [5, 5.41) is 10.7. The molecule has 6 rings (SSSR count). The summed E-state index contributed by atoms with van der Waals surface area (Å²) in [6.45, 7) is 0. The van der Waals surface area contributed by atoms with Crippen LogP contribution in [0.1, 0.15) is 0 Å². The van der Waals surface area contributed by atoms with Crippen molar-refractivity contribution in [2.45, 2.75) is 0 Å². The molecule has 0 N–H and O–H groups in total. The van der Waals surface area contributed by atoms with Crippen LogP contribution in [0.3, 0.4) is 0 Å². The minimum atomic E-state index is 0.879. The highest BCUT2D eigenvalue weighted by Crippen LogP contribution is 2.39. The van der Waals surface area contributed by atoms with Gasteiger partial charge in [0.1, 0.15) is 21.4 Å². The molecule has 0 saturated carbocycles. The summed E-state index contributed by atoms with van der Waals surface area (Å²) in [6.07, 6.45) is 3.65. The molecule has 3 aromatic carbocycles. The predicted octanol–water partition coefficient (Wildman–Crippen LogP) is 7.30. The van der Waals surface area contributed by atoms with E-state index in [1.807, 2.05) is 23.2 Å². The maximum atomic E-state index is 4.90. The van der Waals surface area contributed by atoms with Crippen molar-refractivity contribution in [2.75, 3.05) is 0 Å². The van der Waals surface area contributed by atoms with E-state index in [9.17, 15) is 0 Å².